The molecule has 1 aliphatic heterocycles. The number of carbonyl (C=O) groups is 2. The summed E-state index contributed by atoms with van der Waals surface area (Å²) in [6, 6.07) is 0. The summed E-state index contributed by atoms with van der Waals surface area (Å²) in [5, 5.41) is 0. The SMILES string of the molecule is COC(=O)C1CC(=O)N(c2nc(N)nc(N)n2)C1. The van der Waals surface area contributed by atoms with E-state index >= 15 is 0 Å². The number of nitrogen functional groups attached to an aromatic ring is 2. The standard InChI is InChI=1S/C9H12N6O3/c1-18-6(17)4-2-5(16)15(3-4)9-13-7(10)12-8(11)14-9/h4H,2-3H2,1H3,(H4,10,11,12,13,14). The van der Waals surface area contributed by atoms with Crippen molar-refractivity contribution in [3.05, 3.63) is 0 Å². The van der Waals surface area contributed by atoms with Gasteiger partial charge in [-0.05, 0) is 0 Å². The summed E-state index contributed by atoms with van der Waals surface area (Å²) in [5.74, 6) is -1.35. The summed E-state index contributed by atoms with van der Waals surface area (Å²) >= 11 is 0. The summed E-state index contributed by atoms with van der Waals surface area (Å²) in [7, 11) is 1.27. The van der Waals surface area contributed by atoms with E-state index in [1.165, 1.54) is 12.0 Å². The Hall–Kier alpha value is -2.45. The van der Waals surface area contributed by atoms with E-state index in [4.69, 9.17) is 11.5 Å². The van der Waals surface area contributed by atoms with Crippen LogP contribution in [0, 0.1) is 5.92 Å². The van der Waals surface area contributed by atoms with Crippen LogP contribution in [0.3, 0.4) is 0 Å². The first-order chi connectivity index (χ1) is 8.51. The third-order valence-corrected chi connectivity index (χ3v) is 2.56. The van der Waals surface area contributed by atoms with Crippen molar-refractivity contribution >= 4 is 29.7 Å². The van der Waals surface area contributed by atoms with Crippen molar-refractivity contribution in [1.29, 1.82) is 0 Å². The quantitative estimate of drug-likeness (QED) is 0.610. The molecule has 1 aliphatic rings. The van der Waals surface area contributed by atoms with Gasteiger partial charge in [-0.25, -0.2) is 0 Å². The Balaban J connectivity index is 2.24. The van der Waals surface area contributed by atoms with E-state index in [2.05, 4.69) is 19.7 Å². The Morgan fingerprint density at radius 2 is 1.94 bits per heavy atom. The van der Waals surface area contributed by atoms with E-state index < -0.39 is 11.9 Å². The van der Waals surface area contributed by atoms with Gasteiger partial charge < -0.3 is 16.2 Å². The Bertz CT molecular complexity index is 485. The molecule has 9 heteroatoms. The van der Waals surface area contributed by atoms with Crippen LogP contribution in [0.25, 0.3) is 0 Å². The van der Waals surface area contributed by atoms with Gasteiger partial charge in [-0.2, -0.15) is 15.0 Å². The van der Waals surface area contributed by atoms with Gasteiger partial charge in [0.05, 0.1) is 13.0 Å². The summed E-state index contributed by atoms with van der Waals surface area (Å²) in [6.45, 7) is 0.147. The molecule has 1 aromatic rings. The molecule has 4 N–H and O–H groups in total. The molecule has 1 amide bonds. The second kappa shape index (κ2) is 4.43. The molecular formula is C9H12N6O3. The zero-order valence-electron chi connectivity index (χ0n) is 9.66. The smallest absolute Gasteiger partial charge is 0.311 e. The van der Waals surface area contributed by atoms with Crippen molar-refractivity contribution in [3.8, 4) is 0 Å². The molecule has 1 saturated heterocycles. The Kier molecular flexibility index (Phi) is 2.96. The Labute approximate surface area is 102 Å². The van der Waals surface area contributed by atoms with Crippen molar-refractivity contribution in [2.45, 2.75) is 6.42 Å². The summed E-state index contributed by atoms with van der Waals surface area (Å²) < 4.78 is 4.59. The zero-order chi connectivity index (χ0) is 13.3. The molecular weight excluding hydrogens is 240 g/mol. The lowest BCUT2D eigenvalue weighted by molar-refractivity contribution is -0.145. The zero-order valence-corrected chi connectivity index (χ0v) is 9.66. The van der Waals surface area contributed by atoms with Crippen LogP contribution in [0.1, 0.15) is 6.42 Å². The van der Waals surface area contributed by atoms with E-state index in [1.807, 2.05) is 0 Å². The second-order valence-electron chi connectivity index (χ2n) is 3.78. The van der Waals surface area contributed by atoms with Crippen molar-refractivity contribution in [1.82, 2.24) is 15.0 Å². The molecule has 96 valence electrons. The maximum absolute atomic E-state index is 11.8. The number of ether oxygens (including phenoxy) is 1. The number of nitrogens with zero attached hydrogens (tertiary/aromatic N) is 4. The fourth-order valence-electron chi connectivity index (χ4n) is 1.74. The van der Waals surface area contributed by atoms with Gasteiger partial charge in [-0.3, -0.25) is 14.5 Å². The molecule has 0 spiro atoms. The van der Waals surface area contributed by atoms with E-state index in [0.29, 0.717) is 0 Å². The Morgan fingerprint density at radius 1 is 1.33 bits per heavy atom. The lowest BCUT2D eigenvalue weighted by Gasteiger charge is -2.14. The number of carbonyl (C=O) groups excluding carboxylic acids is 2. The van der Waals surface area contributed by atoms with Gasteiger partial charge in [0.2, 0.25) is 23.8 Å². The largest absolute Gasteiger partial charge is 0.469 e. The molecule has 2 rings (SSSR count). The van der Waals surface area contributed by atoms with Gasteiger partial charge in [0.15, 0.2) is 0 Å². The second-order valence-corrected chi connectivity index (χ2v) is 3.78. The highest BCUT2D eigenvalue weighted by Gasteiger charge is 2.37. The molecule has 1 aromatic heterocycles. The number of anilines is 3. The third-order valence-electron chi connectivity index (χ3n) is 2.56. The van der Waals surface area contributed by atoms with E-state index in [9.17, 15) is 9.59 Å². The van der Waals surface area contributed by atoms with Crippen molar-refractivity contribution in [2.24, 2.45) is 5.92 Å². The predicted molar refractivity (Wildman–Crippen MR) is 61.1 cm³/mol. The highest BCUT2D eigenvalue weighted by atomic mass is 16.5. The molecule has 1 atom stereocenters. The number of rotatable bonds is 2. The molecule has 0 aromatic carbocycles. The molecule has 18 heavy (non-hydrogen) atoms. The highest BCUT2D eigenvalue weighted by Crippen LogP contribution is 2.23. The van der Waals surface area contributed by atoms with Crippen LogP contribution in [0.2, 0.25) is 0 Å². The number of aromatic nitrogens is 3. The van der Waals surface area contributed by atoms with Crippen molar-refractivity contribution in [2.75, 3.05) is 30.0 Å². The van der Waals surface area contributed by atoms with Gasteiger partial charge >= 0.3 is 5.97 Å². The summed E-state index contributed by atoms with van der Waals surface area (Å²) in [5.41, 5.74) is 10.8. The lowest BCUT2D eigenvalue weighted by atomic mass is 10.1. The minimum Gasteiger partial charge on any atom is -0.469 e. The maximum atomic E-state index is 11.8. The number of hydrogen-bond acceptors (Lipinski definition) is 8. The van der Waals surface area contributed by atoms with Crippen LogP contribution in [0.5, 0.6) is 0 Å². The topological polar surface area (TPSA) is 137 Å². The first-order valence-corrected chi connectivity index (χ1v) is 5.16. The molecule has 0 saturated carbocycles. The normalized spacial score (nSPS) is 19.1. The minimum atomic E-state index is -0.526. The van der Waals surface area contributed by atoms with Gasteiger partial charge in [-0.15, -0.1) is 0 Å². The number of esters is 1. The number of hydrogen-bond donors (Lipinski definition) is 2. The lowest BCUT2D eigenvalue weighted by Crippen LogP contribution is -2.28. The van der Waals surface area contributed by atoms with Crippen LogP contribution in [0.15, 0.2) is 0 Å². The molecule has 0 aliphatic carbocycles. The van der Waals surface area contributed by atoms with Gasteiger partial charge in [0.25, 0.3) is 0 Å². The first kappa shape index (κ1) is 12.0. The van der Waals surface area contributed by atoms with Gasteiger partial charge in [-0.1, -0.05) is 0 Å². The van der Waals surface area contributed by atoms with E-state index in [0.717, 1.165) is 0 Å². The number of amides is 1. The Morgan fingerprint density at radius 3 is 2.50 bits per heavy atom. The molecule has 2 heterocycles. The van der Waals surface area contributed by atoms with Crippen LogP contribution < -0.4 is 16.4 Å². The highest BCUT2D eigenvalue weighted by molar-refractivity contribution is 5.98. The van der Waals surface area contributed by atoms with Crippen LogP contribution in [0.4, 0.5) is 17.8 Å². The minimum absolute atomic E-state index is 0.0522. The molecule has 9 nitrogen and oxygen atoms in total. The fourth-order valence-corrected chi connectivity index (χ4v) is 1.74. The van der Waals surface area contributed by atoms with E-state index in [-0.39, 0.29) is 36.7 Å². The molecule has 0 radical (unpaired) electrons. The molecule has 1 unspecified atom stereocenters. The third kappa shape index (κ3) is 2.14. The van der Waals surface area contributed by atoms with Gasteiger partial charge in [0, 0.05) is 13.0 Å². The van der Waals surface area contributed by atoms with E-state index in [1.54, 1.807) is 0 Å². The summed E-state index contributed by atoms with van der Waals surface area (Å²) in [4.78, 5) is 35.6. The molecule has 1 fully saturated rings. The van der Waals surface area contributed by atoms with Crippen molar-refractivity contribution < 1.29 is 14.3 Å². The first-order valence-electron chi connectivity index (χ1n) is 5.16. The van der Waals surface area contributed by atoms with Gasteiger partial charge in [0.1, 0.15) is 0 Å². The van der Waals surface area contributed by atoms with Crippen LogP contribution >= 0.6 is 0 Å². The van der Waals surface area contributed by atoms with Crippen molar-refractivity contribution in [3.63, 3.8) is 0 Å². The number of nitrogens with two attached hydrogens (primary N) is 2. The number of methoxy groups -OCH3 is 1. The van der Waals surface area contributed by atoms with Crippen LogP contribution in [-0.2, 0) is 14.3 Å². The summed E-state index contributed by atoms with van der Waals surface area (Å²) in [6.07, 6.45) is 0.0537. The predicted octanol–water partition coefficient (Wildman–Crippen LogP) is -1.44. The average molecular weight is 252 g/mol. The molecule has 0 bridgehead atoms. The van der Waals surface area contributed by atoms with Crippen LogP contribution in [-0.4, -0.2) is 40.5 Å². The fraction of sp³-hybridized carbons (Fsp3) is 0.444. The monoisotopic (exact) mass is 252 g/mol. The average Bonchev–Trinajstić information content (AvgIpc) is 2.69. The maximum Gasteiger partial charge on any atom is 0.311 e.